The molecule has 0 aliphatic carbocycles. The molecule has 0 saturated heterocycles. The fraction of sp³-hybridized carbons (Fsp3) is 0.571. The van der Waals surface area contributed by atoms with E-state index in [1.807, 2.05) is 0 Å². The first kappa shape index (κ1) is 14.8. The maximum Gasteiger partial charge on any atom is 0.250 e. The molecule has 1 rings (SSSR count). The topological polar surface area (TPSA) is 9.23 Å². The number of rotatable bonds is 3. The number of benzene rings is 1. The summed E-state index contributed by atoms with van der Waals surface area (Å²) < 4.78 is 7.40. The van der Waals surface area contributed by atoms with Crippen molar-refractivity contribution in [3.05, 3.63) is 28.2 Å². The Bertz CT molecular complexity index is 394. The van der Waals surface area contributed by atoms with Crippen molar-refractivity contribution in [1.29, 1.82) is 0 Å². The van der Waals surface area contributed by atoms with E-state index in [-0.39, 0.29) is 5.04 Å². The number of hydrogen-bond acceptors (Lipinski definition) is 1. The first-order chi connectivity index (χ1) is 7.67. The van der Waals surface area contributed by atoms with E-state index in [1.54, 1.807) is 0 Å². The summed E-state index contributed by atoms with van der Waals surface area (Å²) in [5, 5.41) is 0.239. The predicted molar refractivity (Wildman–Crippen MR) is 81.3 cm³/mol. The van der Waals surface area contributed by atoms with Crippen LogP contribution in [0.15, 0.2) is 22.7 Å². The first-order valence-electron chi connectivity index (χ1n) is 6.15. The zero-order chi connectivity index (χ0) is 13.3. The molecule has 0 aromatic heterocycles. The number of hydrogen-bond donors (Lipinski definition) is 0. The Balaban J connectivity index is 2.93. The molecule has 17 heavy (non-hydrogen) atoms. The molecule has 0 atom stereocenters. The van der Waals surface area contributed by atoms with Gasteiger partial charge in [-0.15, -0.1) is 0 Å². The van der Waals surface area contributed by atoms with Gasteiger partial charge in [-0.25, -0.2) is 0 Å². The smallest absolute Gasteiger partial charge is 0.250 e. The summed E-state index contributed by atoms with van der Waals surface area (Å²) in [5.41, 5.74) is 1.33. The fourth-order valence-electron chi connectivity index (χ4n) is 1.33. The second-order valence-corrected chi connectivity index (χ2v) is 11.5. The molecule has 0 amide bonds. The highest BCUT2D eigenvalue weighted by Gasteiger charge is 2.38. The predicted octanol–water partition coefficient (Wildman–Crippen LogP) is 5.40. The van der Waals surface area contributed by atoms with E-state index in [1.165, 1.54) is 5.56 Å². The van der Waals surface area contributed by atoms with Crippen LogP contribution in [0.4, 0.5) is 0 Å². The highest BCUT2D eigenvalue weighted by molar-refractivity contribution is 9.10. The van der Waals surface area contributed by atoms with Crippen molar-refractivity contribution >= 4 is 24.2 Å². The van der Waals surface area contributed by atoms with Gasteiger partial charge >= 0.3 is 0 Å². The molecular formula is C14H23BrOSi. The molecule has 96 valence electrons. The molecule has 0 aliphatic rings. The summed E-state index contributed by atoms with van der Waals surface area (Å²) in [4.78, 5) is 0. The quantitative estimate of drug-likeness (QED) is 0.679. The van der Waals surface area contributed by atoms with Crippen molar-refractivity contribution in [2.45, 2.75) is 52.2 Å². The third-order valence-electron chi connectivity index (χ3n) is 3.58. The minimum Gasteiger partial charge on any atom is -0.543 e. The van der Waals surface area contributed by atoms with E-state index in [9.17, 15) is 0 Å². The van der Waals surface area contributed by atoms with Crippen molar-refractivity contribution in [1.82, 2.24) is 0 Å². The molecule has 0 fully saturated rings. The van der Waals surface area contributed by atoms with Crippen LogP contribution in [0.1, 0.15) is 33.3 Å². The molecule has 1 aromatic carbocycles. The Hall–Kier alpha value is -0.283. The van der Waals surface area contributed by atoms with E-state index < -0.39 is 8.32 Å². The van der Waals surface area contributed by atoms with Gasteiger partial charge in [-0.05, 0) is 42.2 Å². The maximum atomic E-state index is 6.26. The third kappa shape index (κ3) is 3.59. The van der Waals surface area contributed by atoms with Crippen molar-refractivity contribution in [3.63, 3.8) is 0 Å². The van der Waals surface area contributed by atoms with Gasteiger partial charge in [-0.1, -0.05) is 49.7 Å². The first-order valence-corrected chi connectivity index (χ1v) is 9.85. The SMILES string of the molecule is CCc1ccc(O[Si](C)(C)C(C)(C)C)cc1Br. The van der Waals surface area contributed by atoms with Crippen molar-refractivity contribution in [3.8, 4) is 5.75 Å². The van der Waals surface area contributed by atoms with Gasteiger partial charge in [-0.2, -0.15) is 0 Å². The van der Waals surface area contributed by atoms with Crippen molar-refractivity contribution < 1.29 is 4.43 Å². The van der Waals surface area contributed by atoms with E-state index in [4.69, 9.17) is 4.43 Å². The number of halogens is 1. The molecule has 1 nitrogen and oxygen atoms in total. The lowest BCUT2D eigenvalue weighted by Gasteiger charge is -2.36. The average molecular weight is 315 g/mol. The average Bonchev–Trinajstić information content (AvgIpc) is 2.15. The van der Waals surface area contributed by atoms with Gasteiger partial charge in [0.05, 0.1) is 0 Å². The van der Waals surface area contributed by atoms with Gasteiger partial charge in [0, 0.05) is 4.47 Å². The van der Waals surface area contributed by atoms with Crippen LogP contribution in [0.2, 0.25) is 18.1 Å². The van der Waals surface area contributed by atoms with Crippen LogP contribution in [0.25, 0.3) is 0 Å². The second kappa shape index (κ2) is 5.15. The Morgan fingerprint density at radius 3 is 2.24 bits per heavy atom. The lowest BCUT2D eigenvalue weighted by molar-refractivity contribution is 0.492. The molecule has 0 spiro atoms. The molecular weight excluding hydrogens is 292 g/mol. The van der Waals surface area contributed by atoms with Crippen LogP contribution in [0.3, 0.4) is 0 Å². The minimum absolute atomic E-state index is 0.239. The van der Waals surface area contributed by atoms with Gasteiger partial charge in [0.25, 0.3) is 0 Å². The van der Waals surface area contributed by atoms with Crippen LogP contribution >= 0.6 is 15.9 Å². The molecule has 0 N–H and O–H groups in total. The van der Waals surface area contributed by atoms with Crippen LogP contribution < -0.4 is 4.43 Å². The summed E-state index contributed by atoms with van der Waals surface area (Å²) in [6.45, 7) is 13.5. The molecule has 0 heterocycles. The van der Waals surface area contributed by atoms with Gasteiger partial charge in [0.2, 0.25) is 8.32 Å². The highest BCUT2D eigenvalue weighted by Crippen LogP contribution is 2.38. The van der Waals surface area contributed by atoms with Crippen LogP contribution in [0, 0.1) is 0 Å². The summed E-state index contributed by atoms with van der Waals surface area (Å²) in [7, 11) is -1.72. The van der Waals surface area contributed by atoms with E-state index in [0.717, 1.165) is 16.6 Å². The second-order valence-electron chi connectivity index (χ2n) is 5.97. The molecule has 1 aromatic rings. The fourth-order valence-corrected chi connectivity index (χ4v) is 2.99. The van der Waals surface area contributed by atoms with Crippen LogP contribution in [-0.4, -0.2) is 8.32 Å². The van der Waals surface area contributed by atoms with Crippen LogP contribution in [0.5, 0.6) is 5.75 Å². The Labute approximate surface area is 115 Å². The van der Waals surface area contributed by atoms with E-state index >= 15 is 0 Å². The summed E-state index contributed by atoms with van der Waals surface area (Å²) in [6, 6.07) is 6.33. The molecule has 0 saturated carbocycles. The van der Waals surface area contributed by atoms with E-state index in [0.29, 0.717) is 0 Å². The van der Waals surface area contributed by atoms with Gasteiger partial charge in [-0.3, -0.25) is 0 Å². The normalized spacial score (nSPS) is 12.6. The molecule has 0 aliphatic heterocycles. The molecule has 3 heteroatoms. The van der Waals surface area contributed by atoms with Crippen molar-refractivity contribution in [2.75, 3.05) is 0 Å². The largest absolute Gasteiger partial charge is 0.543 e. The monoisotopic (exact) mass is 314 g/mol. The Morgan fingerprint density at radius 1 is 1.24 bits per heavy atom. The zero-order valence-corrected chi connectivity index (χ0v) is 14.3. The van der Waals surface area contributed by atoms with Crippen molar-refractivity contribution in [2.24, 2.45) is 0 Å². The Morgan fingerprint density at radius 2 is 1.82 bits per heavy atom. The minimum atomic E-state index is -1.72. The van der Waals surface area contributed by atoms with Gasteiger partial charge in [0.1, 0.15) is 5.75 Å². The van der Waals surface area contributed by atoms with E-state index in [2.05, 4.69) is 74.9 Å². The van der Waals surface area contributed by atoms with Gasteiger partial charge < -0.3 is 4.43 Å². The molecule has 0 radical (unpaired) electrons. The lowest BCUT2D eigenvalue weighted by atomic mass is 10.2. The van der Waals surface area contributed by atoms with Gasteiger partial charge in [0.15, 0.2) is 0 Å². The number of aryl methyl sites for hydroxylation is 1. The summed E-state index contributed by atoms with van der Waals surface area (Å²) in [6.07, 6.45) is 1.04. The standard InChI is InChI=1S/C14H23BrOSi/c1-7-11-8-9-12(10-13(11)15)16-17(5,6)14(2,3)4/h8-10H,7H2,1-6H3. The summed E-state index contributed by atoms with van der Waals surface area (Å²) in [5.74, 6) is 0.987. The summed E-state index contributed by atoms with van der Waals surface area (Å²) >= 11 is 3.60. The molecule has 0 bridgehead atoms. The zero-order valence-electron chi connectivity index (χ0n) is 11.7. The molecule has 0 unspecified atom stereocenters. The Kier molecular flexibility index (Phi) is 4.47. The van der Waals surface area contributed by atoms with Crippen LogP contribution in [-0.2, 0) is 6.42 Å². The highest BCUT2D eigenvalue weighted by atomic mass is 79.9. The third-order valence-corrected chi connectivity index (χ3v) is 8.68. The maximum absolute atomic E-state index is 6.26. The lowest BCUT2D eigenvalue weighted by Crippen LogP contribution is -2.43.